The van der Waals surface area contributed by atoms with Crippen LogP contribution in [0.2, 0.25) is 0 Å². The van der Waals surface area contributed by atoms with E-state index < -0.39 is 18.0 Å². The van der Waals surface area contributed by atoms with Gasteiger partial charge in [-0.05, 0) is 38.0 Å². The lowest BCUT2D eigenvalue weighted by atomic mass is 10.1. The molecule has 198 valence electrons. The molecule has 0 aromatic heterocycles. The Labute approximate surface area is 211 Å². The van der Waals surface area contributed by atoms with E-state index in [9.17, 15) is 14.4 Å². The van der Waals surface area contributed by atoms with Crippen molar-refractivity contribution in [2.45, 2.75) is 104 Å². The normalized spacial score (nSPS) is 11.5. The van der Waals surface area contributed by atoms with E-state index in [1.807, 2.05) is 24.3 Å². The van der Waals surface area contributed by atoms with Crippen molar-refractivity contribution < 1.29 is 28.6 Å². The van der Waals surface area contributed by atoms with Crippen molar-refractivity contribution in [3.8, 4) is 5.75 Å². The molecule has 1 aromatic rings. The van der Waals surface area contributed by atoms with E-state index in [0.717, 1.165) is 17.7 Å². The summed E-state index contributed by atoms with van der Waals surface area (Å²) in [5, 5.41) is 2.58. The van der Waals surface area contributed by atoms with Gasteiger partial charge in [0.05, 0.1) is 32.7 Å². The fourth-order valence-electron chi connectivity index (χ4n) is 3.74. The maximum absolute atomic E-state index is 12.4. The van der Waals surface area contributed by atoms with Crippen LogP contribution < -0.4 is 10.1 Å². The highest BCUT2D eigenvalue weighted by Crippen LogP contribution is 2.15. The third kappa shape index (κ3) is 15.1. The molecule has 7 heteroatoms. The molecule has 0 saturated heterocycles. The topological polar surface area (TPSA) is 90.9 Å². The molecule has 35 heavy (non-hydrogen) atoms. The second-order valence-corrected chi connectivity index (χ2v) is 8.73. The summed E-state index contributed by atoms with van der Waals surface area (Å²) in [5.74, 6) is -0.803. The number of hydrogen-bond acceptors (Lipinski definition) is 6. The van der Waals surface area contributed by atoms with Crippen LogP contribution in [0.1, 0.15) is 97.0 Å². The summed E-state index contributed by atoms with van der Waals surface area (Å²) in [5.41, 5.74) is 0.785. The van der Waals surface area contributed by atoms with Gasteiger partial charge in [-0.1, -0.05) is 76.8 Å². The van der Waals surface area contributed by atoms with Crippen LogP contribution in [0, 0.1) is 0 Å². The molecule has 1 N–H and O–H groups in total. The molecule has 0 aliphatic heterocycles. The van der Waals surface area contributed by atoms with E-state index in [1.165, 1.54) is 57.8 Å². The van der Waals surface area contributed by atoms with Crippen LogP contribution in [0.5, 0.6) is 5.75 Å². The SMILES string of the molecule is CCCCCCCCCCCCOc1ccc(CC(=O)N[C@@H](CC(=O)OCC)C(=O)OCC)cc1. The molecule has 0 bridgehead atoms. The standard InChI is InChI=1S/C28H45NO6/c1-4-7-8-9-10-11-12-13-14-15-20-35-24-18-16-23(17-19-24)21-26(30)29-25(28(32)34-6-3)22-27(31)33-5-2/h16-19,25H,4-15,20-22H2,1-3H3,(H,29,30)/t25-/m0/s1. The highest BCUT2D eigenvalue weighted by molar-refractivity contribution is 5.88. The molecular formula is C28H45NO6. The van der Waals surface area contributed by atoms with E-state index in [4.69, 9.17) is 14.2 Å². The van der Waals surface area contributed by atoms with Gasteiger partial charge in [0, 0.05) is 0 Å². The number of ether oxygens (including phenoxy) is 3. The van der Waals surface area contributed by atoms with Crippen molar-refractivity contribution in [2.24, 2.45) is 0 Å². The third-order valence-electron chi connectivity index (χ3n) is 5.64. The Morgan fingerprint density at radius 2 is 1.34 bits per heavy atom. The fraction of sp³-hybridized carbons (Fsp3) is 0.679. The molecule has 7 nitrogen and oxygen atoms in total. The van der Waals surface area contributed by atoms with E-state index in [1.54, 1.807) is 13.8 Å². The zero-order valence-corrected chi connectivity index (χ0v) is 21.9. The van der Waals surface area contributed by atoms with Gasteiger partial charge >= 0.3 is 11.9 Å². The Balaban J connectivity index is 2.31. The van der Waals surface area contributed by atoms with Crippen molar-refractivity contribution in [3.63, 3.8) is 0 Å². The largest absolute Gasteiger partial charge is 0.494 e. The number of benzene rings is 1. The van der Waals surface area contributed by atoms with Gasteiger partial charge < -0.3 is 19.5 Å². The molecule has 1 aromatic carbocycles. The number of unbranched alkanes of at least 4 members (excludes halogenated alkanes) is 9. The molecule has 0 heterocycles. The Morgan fingerprint density at radius 1 is 0.771 bits per heavy atom. The van der Waals surface area contributed by atoms with Crippen molar-refractivity contribution in [1.29, 1.82) is 0 Å². The van der Waals surface area contributed by atoms with Gasteiger partial charge in [0.15, 0.2) is 0 Å². The van der Waals surface area contributed by atoms with Gasteiger partial charge in [-0.25, -0.2) is 4.79 Å². The van der Waals surface area contributed by atoms with Crippen LogP contribution in [0.3, 0.4) is 0 Å². The number of carbonyl (C=O) groups excluding carboxylic acids is 3. The molecule has 0 spiro atoms. The van der Waals surface area contributed by atoms with Gasteiger partial charge in [0.2, 0.25) is 5.91 Å². The van der Waals surface area contributed by atoms with Gasteiger partial charge in [-0.3, -0.25) is 9.59 Å². The van der Waals surface area contributed by atoms with Crippen molar-refractivity contribution >= 4 is 17.8 Å². The Hall–Kier alpha value is -2.57. The zero-order valence-electron chi connectivity index (χ0n) is 21.9. The summed E-state index contributed by atoms with van der Waals surface area (Å²) in [6, 6.07) is 6.29. The van der Waals surface area contributed by atoms with E-state index >= 15 is 0 Å². The first-order chi connectivity index (χ1) is 17.0. The Morgan fingerprint density at radius 3 is 1.91 bits per heavy atom. The van der Waals surface area contributed by atoms with Crippen LogP contribution in [0.4, 0.5) is 0 Å². The van der Waals surface area contributed by atoms with Crippen LogP contribution in [-0.2, 0) is 30.3 Å². The van der Waals surface area contributed by atoms with E-state index in [0.29, 0.717) is 6.61 Å². The van der Waals surface area contributed by atoms with Crippen LogP contribution in [0.15, 0.2) is 24.3 Å². The lowest BCUT2D eigenvalue weighted by molar-refractivity contribution is -0.153. The summed E-state index contributed by atoms with van der Waals surface area (Å²) >= 11 is 0. The van der Waals surface area contributed by atoms with Gasteiger partial charge in [-0.2, -0.15) is 0 Å². The molecular weight excluding hydrogens is 446 g/mol. The monoisotopic (exact) mass is 491 g/mol. The summed E-state index contributed by atoms with van der Waals surface area (Å²) in [6.45, 7) is 6.65. The third-order valence-corrected chi connectivity index (χ3v) is 5.64. The molecule has 1 rings (SSSR count). The van der Waals surface area contributed by atoms with Gasteiger partial charge in [-0.15, -0.1) is 0 Å². The molecule has 0 aliphatic carbocycles. The second-order valence-electron chi connectivity index (χ2n) is 8.73. The number of esters is 2. The molecule has 1 amide bonds. The zero-order chi connectivity index (χ0) is 25.7. The molecule has 0 unspecified atom stereocenters. The van der Waals surface area contributed by atoms with Crippen molar-refractivity contribution in [1.82, 2.24) is 5.32 Å². The smallest absolute Gasteiger partial charge is 0.329 e. The summed E-state index contributed by atoms with van der Waals surface area (Å²) in [4.78, 5) is 36.3. The van der Waals surface area contributed by atoms with E-state index in [2.05, 4.69) is 12.2 Å². The summed E-state index contributed by atoms with van der Waals surface area (Å²) in [7, 11) is 0. The van der Waals surface area contributed by atoms with Crippen LogP contribution in [-0.4, -0.2) is 43.7 Å². The minimum Gasteiger partial charge on any atom is -0.494 e. The van der Waals surface area contributed by atoms with Crippen molar-refractivity contribution in [3.05, 3.63) is 29.8 Å². The lowest BCUT2D eigenvalue weighted by Crippen LogP contribution is -2.44. The minimum absolute atomic E-state index is 0.0808. The Kier molecular flexibility index (Phi) is 17.2. The first-order valence-electron chi connectivity index (χ1n) is 13.3. The lowest BCUT2D eigenvalue weighted by Gasteiger charge is -2.16. The Bertz CT molecular complexity index is 719. The van der Waals surface area contributed by atoms with Gasteiger partial charge in [0.1, 0.15) is 11.8 Å². The number of hydrogen-bond donors (Lipinski definition) is 1. The minimum atomic E-state index is -1.06. The number of rotatable bonds is 20. The second kappa shape index (κ2) is 19.7. The first kappa shape index (κ1) is 30.5. The molecule has 0 saturated carbocycles. The maximum atomic E-state index is 12.4. The van der Waals surface area contributed by atoms with Crippen LogP contribution in [0.25, 0.3) is 0 Å². The first-order valence-corrected chi connectivity index (χ1v) is 13.3. The predicted octanol–water partition coefficient (Wildman–Crippen LogP) is 5.53. The average molecular weight is 492 g/mol. The number of carbonyl (C=O) groups is 3. The summed E-state index contributed by atoms with van der Waals surface area (Å²) in [6.07, 6.45) is 12.7. The molecule has 0 radical (unpaired) electrons. The molecule has 1 atom stereocenters. The maximum Gasteiger partial charge on any atom is 0.329 e. The fourth-order valence-corrected chi connectivity index (χ4v) is 3.74. The average Bonchev–Trinajstić information content (AvgIpc) is 2.83. The van der Waals surface area contributed by atoms with Gasteiger partial charge in [0.25, 0.3) is 0 Å². The van der Waals surface area contributed by atoms with Crippen molar-refractivity contribution in [2.75, 3.05) is 19.8 Å². The summed E-state index contributed by atoms with van der Waals surface area (Å²) < 4.78 is 15.7. The molecule has 0 aliphatic rings. The molecule has 0 fully saturated rings. The predicted molar refractivity (Wildman–Crippen MR) is 137 cm³/mol. The van der Waals surface area contributed by atoms with E-state index in [-0.39, 0.29) is 32.0 Å². The quantitative estimate of drug-likeness (QED) is 0.190. The highest BCUT2D eigenvalue weighted by atomic mass is 16.5. The number of amides is 1. The number of nitrogens with one attached hydrogen (secondary N) is 1. The van der Waals surface area contributed by atoms with Crippen LogP contribution >= 0.6 is 0 Å². The highest BCUT2D eigenvalue weighted by Gasteiger charge is 2.25.